The highest BCUT2D eigenvalue weighted by Gasteiger charge is 2.27. The summed E-state index contributed by atoms with van der Waals surface area (Å²) in [4.78, 5) is 12.8. The van der Waals surface area contributed by atoms with E-state index in [4.69, 9.17) is 32.7 Å². The fraction of sp³-hybridized carbons (Fsp3) is 0.269. The van der Waals surface area contributed by atoms with Crippen molar-refractivity contribution in [3.05, 3.63) is 93.5 Å². The maximum Gasteiger partial charge on any atom is 0.241 e. The Kier molecular flexibility index (Phi) is 9.01. The first-order valence-electron chi connectivity index (χ1n) is 10.7. The van der Waals surface area contributed by atoms with Gasteiger partial charge in [-0.2, -0.15) is 0 Å². The van der Waals surface area contributed by atoms with Crippen molar-refractivity contribution in [2.24, 2.45) is 0 Å². The fourth-order valence-corrected chi connectivity index (χ4v) is 4.27. The molecule has 2 atom stereocenters. The number of carbonyl (C=O) groups excluding carboxylic acids is 1. The van der Waals surface area contributed by atoms with Crippen molar-refractivity contribution in [2.45, 2.75) is 24.9 Å². The van der Waals surface area contributed by atoms with Gasteiger partial charge in [-0.15, -0.1) is 0 Å². The number of rotatable bonds is 10. The minimum atomic E-state index is -0.560. The van der Waals surface area contributed by atoms with Crippen LogP contribution in [0.4, 0.5) is 0 Å². The average Bonchev–Trinajstić information content (AvgIpc) is 2.85. The minimum absolute atomic E-state index is 0.130. The summed E-state index contributed by atoms with van der Waals surface area (Å²) in [6.07, 6.45) is 1.45. The van der Waals surface area contributed by atoms with Gasteiger partial charge in [-0.1, -0.05) is 71.7 Å². The topological polar surface area (TPSA) is 59.6 Å². The smallest absolute Gasteiger partial charge is 0.241 e. The molecule has 33 heavy (non-hydrogen) atoms. The summed E-state index contributed by atoms with van der Waals surface area (Å²) in [7, 11) is 4.76. The van der Waals surface area contributed by atoms with Crippen molar-refractivity contribution < 1.29 is 14.3 Å². The van der Waals surface area contributed by atoms with E-state index in [0.29, 0.717) is 28.0 Å². The van der Waals surface area contributed by atoms with Crippen molar-refractivity contribution in [1.29, 1.82) is 0 Å². The summed E-state index contributed by atoms with van der Waals surface area (Å²) in [5, 5.41) is 7.44. The molecule has 7 heteroatoms. The lowest BCUT2D eigenvalue weighted by Crippen LogP contribution is -2.38. The first-order chi connectivity index (χ1) is 16.0. The third-order valence-electron chi connectivity index (χ3n) is 5.53. The van der Waals surface area contributed by atoms with Crippen LogP contribution in [0.2, 0.25) is 10.0 Å². The highest BCUT2D eigenvalue weighted by molar-refractivity contribution is 6.33. The zero-order valence-corrected chi connectivity index (χ0v) is 20.4. The van der Waals surface area contributed by atoms with Crippen molar-refractivity contribution in [3.63, 3.8) is 0 Å². The Labute approximate surface area is 205 Å². The average molecular weight is 487 g/mol. The summed E-state index contributed by atoms with van der Waals surface area (Å²) in [5.74, 6) is 0.883. The molecule has 0 unspecified atom stereocenters. The van der Waals surface area contributed by atoms with Crippen LogP contribution in [0.1, 0.15) is 35.2 Å². The normalized spacial score (nSPS) is 12.6. The second kappa shape index (κ2) is 11.9. The van der Waals surface area contributed by atoms with Crippen LogP contribution >= 0.6 is 23.2 Å². The van der Waals surface area contributed by atoms with Gasteiger partial charge >= 0.3 is 0 Å². The molecule has 0 aliphatic heterocycles. The number of ether oxygens (including phenoxy) is 2. The fourth-order valence-electron chi connectivity index (χ4n) is 3.78. The van der Waals surface area contributed by atoms with E-state index in [9.17, 15) is 4.79 Å². The molecule has 0 radical (unpaired) electrons. The molecule has 3 aromatic carbocycles. The van der Waals surface area contributed by atoms with Gasteiger partial charge in [-0.25, -0.2) is 0 Å². The number of hydrogen-bond acceptors (Lipinski definition) is 4. The molecule has 174 valence electrons. The predicted molar refractivity (Wildman–Crippen MR) is 133 cm³/mol. The zero-order valence-electron chi connectivity index (χ0n) is 18.9. The molecule has 0 saturated carbocycles. The molecule has 2 N–H and O–H groups in total. The molecule has 1 amide bonds. The highest BCUT2D eigenvalue weighted by atomic mass is 35.5. The van der Waals surface area contributed by atoms with Gasteiger partial charge in [0.25, 0.3) is 0 Å². The molecule has 0 heterocycles. The van der Waals surface area contributed by atoms with Gasteiger partial charge in [0.05, 0.1) is 19.2 Å². The Morgan fingerprint density at radius 2 is 1.64 bits per heavy atom. The molecule has 0 aliphatic rings. The summed E-state index contributed by atoms with van der Waals surface area (Å²) in [5.41, 5.74) is 2.83. The third-order valence-corrected chi connectivity index (χ3v) is 6.18. The largest absolute Gasteiger partial charge is 0.493 e. The van der Waals surface area contributed by atoms with E-state index in [0.717, 1.165) is 23.1 Å². The Balaban J connectivity index is 1.99. The Hall–Kier alpha value is -2.73. The lowest BCUT2D eigenvalue weighted by Gasteiger charge is -2.27. The zero-order chi connectivity index (χ0) is 23.8. The summed E-state index contributed by atoms with van der Waals surface area (Å²) < 4.78 is 10.9. The number of aryl methyl sites for hydroxylation is 1. The number of nitrogens with one attached hydrogen (secondary N) is 2. The molecule has 3 rings (SSSR count). The number of methoxy groups -OCH3 is 2. The van der Waals surface area contributed by atoms with Crippen LogP contribution in [-0.4, -0.2) is 27.2 Å². The van der Waals surface area contributed by atoms with E-state index in [1.807, 2.05) is 66.7 Å². The molecule has 0 aliphatic carbocycles. The second-order valence-electron chi connectivity index (χ2n) is 7.55. The first-order valence-corrected chi connectivity index (χ1v) is 11.4. The number of hydrogen-bond donors (Lipinski definition) is 2. The quantitative estimate of drug-likeness (QED) is 0.382. The number of benzene rings is 3. The summed E-state index contributed by atoms with van der Waals surface area (Å²) >= 11 is 12.8. The van der Waals surface area contributed by atoms with Crippen molar-refractivity contribution in [2.75, 3.05) is 21.3 Å². The maximum atomic E-state index is 12.8. The number of halogens is 2. The van der Waals surface area contributed by atoms with Crippen molar-refractivity contribution in [3.8, 4) is 11.5 Å². The van der Waals surface area contributed by atoms with Crippen molar-refractivity contribution >= 4 is 29.1 Å². The standard InChI is InChI=1S/C26H28Cl2N2O3/c1-29-26(31)24(18-7-5-4-6-8-18)30-21(15-11-17-9-12-19(27)13-10-17)20-14-16-22(32-2)25(33-3)23(20)28/h4-10,12-14,16,21,24,30H,11,15H2,1-3H3,(H,29,31)/t21-,24+/m1/s1. The van der Waals surface area contributed by atoms with Gasteiger partial charge in [-0.05, 0) is 47.7 Å². The van der Waals surface area contributed by atoms with E-state index in [1.165, 1.54) is 0 Å². The van der Waals surface area contributed by atoms with Gasteiger partial charge in [-0.3, -0.25) is 10.1 Å². The number of carbonyl (C=O) groups is 1. The maximum absolute atomic E-state index is 12.8. The Morgan fingerprint density at radius 1 is 0.939 bits per heavy atom. The molecule has 5 nitrogen and oxygen atoms in total. The van der Waals surface area contributed by atoms with Gasteiger partial charge in [0.2, 0.25) is 5.91 Å². The van der Waals surface area contributed by atoms with E-state index >= 15 is 0 Å². The summed E-state index contributed by atoms with van der Waals surface area (Å²) in [6.45, 7) is 0. The lowest BCUT2D eigenvalue weighted by atomic mass is 9.96. The predicted octanol–water partition coefficient (Wildman–Crippen LogP) is 5.76. The lowest BCUT2D eigenvalue weighted by molar-refractivity contribution is -0.123. The molecule has 0 fully saturated rings. The monoisotopic (exact) mass is 486 g/mol. The molecule has 3 aromatic rings. The second-order valence-corrected chi connectivity index (χ2v) is 8.36. The van der Waals surface area contributed by atoms with Gasteiger partial charge < -0.3 is 14.8 Å². The van der Waals surface area contributed by atoms with E-state index in [1.54, 1.807) is 21.3 Å². The van der Waals surface area contributed by atoms with Crippen LogP contribution in [0.25, 0.3) is 0 Å². The molecule has 0 bridgehead atoms. The Bertz CT molecular complexity index is 1060. The molecule has 0 spiro atoms. The van der Waals surface area contributed by atoms with E-state index < -0.39 is 6.04 Å². The first kappa shape index (κ1) is 24.9. The summed E-state index contributed by atoms with van der Waals surface area (Å²) in [6, 6.07) is 20.3. The molecular formula is C26H28Cl2N2O3. The van der Waals surface area contributed by atoms with Crippen LogP contribution in [0, 0.1) is 0 Å². The number of amides is 1. The minimum Gasteiger partial charge on any atom is -0.493 e. The molecular weight excluding hydrogens is 459 g/mol. The third kappa shape index (κ3) is 6.20. The Morgan fingerprint density at radius 3 is 2.24 bits per heavy atom. The van der Waals surface area contributed by atoms with E-state index in [2.05, 4.69) is 10.6 Å². The molecule has 0 aromatic heterocycles. The van der Waals surface area contributed by atoms with Crippen LogP contribution < -0.4 is 20.1 Å². The van der Waals surface area contributed by atoms with Crippen LogP contribution in [0.15, 0.2) is 66.7 Å². The van der Waals surface area contributed by atoms with Gasteiger partial charge in [0.15, 0.2) is 11.5 Å². The van der Waals surface area contributed by atoms with Gasteiger partial charge in [0.1, 0.15) is 6.04 Å². The van der Waals surface area contributed by atoms with Crippen LogP contribution in [0.5, 0.6) is 11.5 Å². The van der Waals surface area contributed by atoms with E-state index in [-0.39, 0.29) is 11.9 Å². The number of likely N-dealkylation sites (N-methyl/N-ethyl adjacent to an activating group) is 1. The van der Waals surface area contributed by atoms with Crippen molar-refractivity contribution in [1.82, 2.24) is 10.6 Å². The van der Waals surface area contributed by atoms with Crippen LogP contribution in [0.3, 0.4) is 0 Å². The SMILES string of the molecule is CNC(=O)[C@@H](N[C@H](CCc1ccc(Cl)cc1)c1ccc(OC)c(OC)c1Cl)c1ccccc1. The molecule has 0 saturated heterocycles. The van der Waals surface area contributed by atoms with Gasteiger partial charge in [0, 0.05) is 18.1 Å². The van der Waals surface area contributed by atoms with Crippen LogP contribution in [-0.2, 0) is 11.2 Å². The highest BCUT2D eigenvalue weighted by Crippen LogP contribution is 2.41.